The zero-order chi connectivity index (χ0) is 22.4. The topological polar surface area (TPSA) is 100 Å². The van der Waals surface area contributed by atoms with Gasteiger partial charge in [0.05, 0.1) is 19.2 Å². The number of Topliss-reactive ketones (excluding diaryl/α,β-unsaturated/α-hetero) is 1. The van der Waals surface area contributed by atoms with Crippen LogP contribution in [0.3, 0.4) is 0 Å². The van der Waals surface area contributed by atoms with Gasteiger partial charge in [-0.1, -0.05) is 11.6 Å². The van der Waals surface area contributed by atoms with Gasteiger partial charge in [-0.25, -0.2) is 0 Å². The summed E-state index contributed by atoms with van der Waals surface area (Å²) in [5, 5.41) is 3.12. The van der Waals surface area contributed by atoms with E-state index in [9.17, 15) is 14.4 Å². The van der Waals surface area contributed by atoms with Crippen molar-refractivity contribution in [1.29, 1.82) is 0 Å². The number of amides is 1. The minimum absolute atomic E-state index is 0.0513. The van der Waals surface area contributed by atoms with Gasteiger partial charge in [-0.2, -0.15) is 0 Å². The smallest absolute Gasteiger partial charge is 0.306 e. The molecule has 0 unspecified atom stereocenters. The Bertz CT molecular complexity index is 1010. The van der Waals surface area contributed by atoms with E-state index in [1.54, 1.807) is 37.3 Å². The summed E-state index contributed by atoms with van der Waals surface area (Å²) in [5.41, 5.74) is 1.59. The average Bonchev–Trinajstić information content (AvgIpc) is 2.77. The molecule has 2 aromatic rings. The molecule has 1 heterocycles. The number of hydrogen-bond donors (Lipinski definition) is 1. The molecule has 0 saturated heterocycles. The Morgan fingerprint density at radius 3 is 2.55 bits per heavy atom. The molecule has 2 aromatic carbocycles. The molecule has 0 spiro atoms. The van der Waals surface area contributed by atoms with Crippen LogP contribution in [0.25, 0.3) is 0 Å². The number of hydrogen-bond acceptors (Lipinski definition) is 7. The number of nitrogens with one attached hydrogen (secondary N) is 1. The Kier molecular flexibility index (Phi) is 7.36. The molecule has 9 heteroatoms. The number of benzene rings is 2. The fourth-order valence-corrected chi connectivity index (χ4v) is 3.06. The van der Waals surface area contributed by atoms with Crippen LogP contribution in [-0.4, -0.2) is 44.6 Å². The Morgan fingerprint density at radius 2 is 1.81 bits per heavy atom. The van der Waals surface area contributed by atoms with Gasteiger partial charge in [-0.3, -0.25) is 14.4 Å². The van der Waals surface area contributed by atoms with Gasteiger partial charge in [0.2, 0.25) is 0 Å². The van der Waals surface area contributed by atoms with Crippen LogP contribution < -0.4 is 19.5 Å². The summed E-state index contributed by atoms with van der Waals surface area (Å²) >= 11 is 6.04. The summed E-state index contributed by atoms with van der Waals surface area (Å²) in [6.07, 6.45) is -0.200. The Labute approximate surface area is 184 Å². The van der Waals surface area contributed by atoms with Crippen molar-refractivity contribution >= 4 is 34.9 Å². The lowest BCUT2D eigenvalue weighted by Crippen LogP contribution is -2.21. The first-order valence-electron chi connectivity index (χ1n) is 9.60. The Morgan fingerprint density at radius 1 is 1.06 bits per heavy atom. The first kappa shape index (κ1) is 22.4. The molecule has 0 saturated carbocycles. The molecule has 0 aliphatic carbocycles. The molecule has 0 radical (unpaired) electrons. The summed E-state index contributed by atoms with van der Waals surface area (Å²) in [4.78, 5) is 36.4. The zero-order valence-electron chi connectivity index (χ0n) is 17.2. The lowest BCUT2D eigenvalue weighted by molar-refractivity contribution is -0.147. The van der Waals surface area contributed by atoms with Crippen LogP contribution in [-0.2, 0) is 14.3 Å². The number of fused-ring (bicyclic) bond motifs is 1. The Hall–Kier alpha value is -3.26. The fraction of sp³-hybridized carbons (Fsp3) is 0.318. The standard InChI is InChI=1S/C22H22ClNO7/c1-13-9-16(19(28-2)11-15(13)23)24-21(26)12-31-22(27)6-4-17(25)14-3-5-18-20(10-14)30-8-7-29-18/h3,5,9-11H,4,6-8,12H2,1-2H3,(H,24,26). The van der Waals surface area contributed by atoms with E-state index in [1.807, 2.05) is 0 Å². The van der Waals surface area contributed by atoms with E-state index in [0.717, 1.165) is 5.56 Å². The predicted molar refractivity (Wildman–Crippen MR) is 113 cm³/mol. The summed E-state index contributed by atoms with van der Waals surface area (Å²) in [6.45, 7) is 2.18. The van der Waals surface area contributed by atoms with Crippen LogP contribution in [0.2, 0.25) is 5.02 Å². The van der Waals surface area contributed by atoms with Crippen molar-refractivity contribution in [3.63, 3.8) is 0 Å². The Balaban J connectivity index is 1.46. The van der Waals surface area contributed by atoms with Crippen molar-refractivity contribution in [3.8, 4) is 17.2 Å². The molecule has 1 aliphatic rings. The molecular weight excluding hydrogens is 426 g/mol. The van der Waals surface area contributed by atoms with Crippen molar-refractivity contribution in [2.45, 2.75) is 19.8 Å². The maximum atomic E-state index is 12.3. The second-order valence-corrected chi connectivity index (χ2v) is 7.20. The van der Waals surface area contributed by atoms with Gasteiger partial charge in [0.1, 0.15) is 19.0 Å². The molecule has 164 valence electrons. The number of aryl methyl sites for hydroxylation is 1. The predicted octanol–water partition coefficient (Wildman–Crippen LogP) is 3.57. The number of esters is 1. The maximum Gasteiger partial charge on any atom is 0.306 e. The highest BCUT2D eigenvalue weighted by molar-refractivity contribution is 6.31. The van der Waals surface area contributed by atoms with Gasteiger partial charge >= 0.3 is 5.97 Å². The summed E-state index contributed by atoms with van der Waals surface area (Å²) in [7, 11) is 1.45. The van der Waals surface area contributed by atoms with Crippen LogP contribution in [0.1, 0.15) is 28.8 Å². The van der Waals surface area contributed by atoms with Gasteiger partial charge in [-0.05, 0) is 36.8 Å². The van der Waals surface area contributed by atoms with E-state index < -0.39 is 18.5 Å². The number of ether oxygens (including phenoxy) is 4. The summed E-state index contributed by atoms with van der Waals surface area (Å²) in [6, 6.07) is 8.12. The summed E-state index contributed by atoms with van der Waals surface area (Å²) in [5.74, 6) is 0.0526. The largest absolute Gasteiger partial charge is 0.495 e. The summed E-state index contributed by atoms with van der Waals surface area (Å²) < 4.78 is 21.0. The molecule has 8 nitrogen and oxygen atoms in total. The third kappa shape index (κ3) is 5.88. The lowest BCUT2D eigenvalue weighted by Gasteiger charge is -2.18. The first-order valence-corrected chi connectivity index (χ1v) is 9.97. The van der Waals surface area contributed by atoms with Crippen LogP contribution in [0.15, 0.2) is 30.3 Å². The molecular formula is C22H22ClNO7. The van der Waals surface area contributed by atoms with Gasteiger partial charge in [-0.15, -0.1) is 0 Å². The van der Waals surface area contributed by atoms with E-state index in [0.29, 0.717) is 46.7 Å². The monoisotopic (exact) mass is 447 g/mol. The molecule has 0 aromatic heterocycles. The average molecular weight is 448 g/mol. The minimum atomic E-state index is -0.653. The van der Waals surface area contributed by atoms with Crippen LogP contribution >= 0.6 is 11.6 Å². The lowest BCUT2D eigenvalue weighted by atomic mass is 10.1. The van der Waals surface area contributed by atoms with E-state index >= 15 is 0 Å². The second-order valence-electron chi connectivity index (χ2n) is 6.79. The molecule has 3 rings (SSSR count). The number of carbonyl (C=O) groups is 3. The quantitative estimate of drug-likeness (QED) is 0.487. The molecule has 1 N–H and O–H groups in total. The van der Waals surface area contributed by atoms with E-state index in [-0.39, 0.29) is 18.6 Å². The number of carbonyl (C=O) groups excluding carboxylic acids is 3. The number of rotatable bonds is 8. The number of ketones is 1. The molecule has 0 fully saturated rings. The first-order chi connectivity index (χ1) is 14.9. The van der Waals surface area contributed by atoms with Gasteiger partial charge < -0.3 is 24.3 Å². The van der Waals surface area contributed by atoms with Crippen molar-refractivity contribution in [2.75, 3.05) is 32.2 Å². The van der Waals surface area contributed by atoms with E-state index in [4.69, 9.17) is 30.5 Å². The van der Waals surface area contributed by atoms with Crippen molar-refractivity contribution in [1.82, 2.24) is 0 Å². The van der Waals surface area contributed by atoms with Gasteiger partial charge in [0.15, 0.2) is 23.9 Å². The van der Waals surface area contributed by atoms with Crippen LogP contribution in [0.4, 0.5) is 5.69 Å². The normalized spacial score (nSPS) is 12.1. The van der Waals surface area contributed by atoms with E-state index in [2.05, 4.69) is 5.32 Å². The molecule has 1 amide bonds. The molecule has 0 atom stereocenters. The highest BCUT2D eigenvalue weighted by Gasteiger charge is 2.17. The molecule has 31 heavy (non-hydrogen) atoms. The third-order valence-electron chi connectivity index (χ3n) is 4.54. The molecule has 1 aliphatic heterocycles. The third-order valence-corrected chi connectivity index (χ3v) is 4.95. The van der Waals surface area contributed by atoms with Gasteiger partial charge in [0, 0.05) is 23.1 Å². The van der Waals surface area contributed by atoms with Crippen molar-refractivity contribution in [3.05, 3.63) is 46.5 Å². The highest BCUT2D eigenvalue weighted by Crippen LogP contribution is 2.32. The van der Waals surface area contributed by atoms with Crippen molar-refractivity contribution < 1.29 is 33.3 Å². The van der Waals surface area contributed by atoms with Crippen molar-refractivity contribution in [2.24, 2.45) is 0 Å². The molecule has 0 bridgehead atoms. The fourth-order valence-electron chi connectivity index (χ4n) is 2.91. The maximum absolute atomic E-state index is 12.3. The number of halogens is 1. The highest BCUT2D eigenvalue weighted by atomic mass is 35.5. The van der Waals surface area contributed by atoms with Crippen LogP contribution in [0.5, 0.6) is 17.2 Å². The zero-order valence-corrected chi connectivity index (χ0v) is 17.9. The second kappa shape index (κ2) is 10.2. The number of anilines is 1. The number of methoxy groups -OCH3 is 1. The van der Waals surface area contributed by atoms with E-state index in [1.165, 1.54) is 7.11 Å². The van der Waals surface area contributed by atoms with Gasteiger partial charge in [0.25, 0.3) is 5.91 Å². The minimum Gasteiger partial charge on any atom is -0.495 e. The van der Waals surface area contributed by atoms with Crippen LogP contribution in [0, 0.1) is 6.92 Å². The SMILES string of the molecule is COc1cc(Cl)c(C)cc1NC(=O)COC(=O)CCC(=O)c1ccc2c(c1)OCCO2.